The van der Waals surface area contributed by atoms with Gasteiger partial charge in [-0.25, -0.2) is 0 Å². The molecule has 1 aliphatic heterocycles. The summed E-state index contributed by atoms with van der Waals surface area (Å²) >= 11 is 0. The summed E-state index contributed by atoms with van der Waals surface area (Å²) in [4.78, 5) is 0. The molecular formula is C14H21N. The Morgan fingerprint density at radius 1 is 1.33 bits per heavy atom. The SMILES string of the molecule is Cc1cccc(CC2(C)CCNC2)c1C. The summed E-state index contributed by atoms with van der Waals surface area (Å²) in [6.07, 6.45) is 2.52. The van der Waals surface area contributed by atoms with Crippen molar-refractivity contribution in [2.75, 3.05) is 13.1 Å². The van der Waals surface area contributed by atoms with Crippen LogP contribution < -0.4 is 5.32 Å². The van der Waals surface area contributed by atoms with Crippen LogP contribution >= 0.6 is 0 Å². The molecule has 82 valence electrons. The maximum atomic E-state index is 3.47. The molecule has 1 nitrogen and oxygen atoms in total. The highest BCUT2D eigenvalue weighted by Gasteiger charge is 2.28. The van der Waals surface area contributed by atoms with Gasteiger partial charge in [0, 0.05) is 6.54 Å². The minimum atomic E-state index is 0.471. The molecule has 1 atom stereocenters. The van der Waals surface area contributed by atoms with Gasteiger partial charge in [-0.2, -0.15) is 0 Å². The molecule has 1 unspecified atom stereocenters. The molecule has 0 saturated carbocycles. The summed E-state index contributed by atoms with van der Waals surface area (Å²) in [5.41, 5.74) is 4.90. The van der Waals surface area contributed by atoms with E-state index in [0.717, 1.165) is 0 Å². The van der Waals surface area contributed by atoms with E-state index in [1.165, 1.54) is 42.6 Å². The Morgan fingerprint density at radius 3 is 2.80 bits per heavy atom. The monoisotopic (exact) mass is 203 g/mol. The fourth-order valence-electron chi connectivity index (χ4n) is 2.48. The number of hydrogen-bond acceptors (Lipinski definition) is 1. The Morgan fingerprint density at radius 2 is 2.13 bits per heavy atom. The first kappa shape index (κ1) is 10.7. The zero-order valence-electron chi connectivity index (χ0n) is 10.1. The Kier molecular flexibility index (Phi) is 2.83. The van der Waals surface area contributed by atoms with E-state index in [0.29, 0.717) is 5.41 Å². The minimum absolute atomic E-state index is 0.471. The van der Waals surface area contributed by atoms with Crippen LogP contribution in [0.5, 0.6) is 0 Å². The van der Waals surface area contributed by atoms with Crippen molar-refractivity contribution in [1.29, 1.82) is 0 Å². The van der Waals surface area contributed by atoms with Crippen LogP contribution in [0.15, 0.2) is 18.2 Å². The van der Waals surface area contributed by atoms with Crippen molar-refractivity contribution in [1.82, 2.24) is 5.32 Å². The molecule has 1 heterocycles. The number of rotatable bonds is 2. The third-order valence-corrected chi connectivity index (χ3v) is 3.79. The van der Waals surface area contributed by atoms with E-state index in [9.17, 15) is 0 Å². The van der Waals surface area contributed by atoms with Crippen LogP contribution in [0.4, 0.5) is 0 Å². The highest BCUT2D eigenvalue weighted by Crippen LogP contribution is 2.30. The lowest BCUT2D eigenvalue weighted by Crippen LogP contribution is -2.23. The highest BCUT2D eigenvalue weighted by atomic mass is 14.9. The molecule has 1 N–H and O–H groups in total. The van der Waals surface area contributed by atoms with Crippen LogP contribution in [0.3, 0.4) is 0 Å². The molecule has 1 aromatic rings. The van der Waals surface area contributed by atoms with E-state index in [1.54, 1.807) is 0 Å². The smallest absolute Gasteiger partial charge is 0.000883 e. The van der Waals surface area contributed by atoms with Gasteiger partial charge in [-0.1, -0.05) is 25.1 Å². The molecule has 0 amide bonds. The van der Waals surface area contributed by atoms with Crippen molar-refractivity contribution in [3.05, 3.63) is 34.9 Å². The first-order valence-corrected chi connectivity index (χ1v) is 5.87. The van der Waals surface area contributed by atoms with Gasteiger partial charge in [0.1, 0.15) is 0 Å². The van der Waals surface area contributed by atoms with Gasteiger partial charge in [-0.3, -0.25) is 0 Å². The van der Waals surface area contributed by atoms with Gasteiger partial charge in [0.15, 0.2) is 0 Å². The summed E-state index contributed by atoms with van der Waals surface area (Å²) in [6, 6.07) is 6.67. The second-order valence-corrected chi connectivity index (χ2v) is 5.27. The van der Waals surface area contributed by atoms with Crippen molar-refractivity contribution >= 4 is 0 Å². The lowest BCUT2D eigenvalue weighted by molar-refractivity contribution is 0.362. The highest BCUT2D eigenvalue weighted by molar-refractivity contribution is 5.34. The van der Waals surface area contributed by atoms with Crippen LogP contribution in [-0.4, -0.2) is 13.1 Å². The summed E-state index contributed by atoms with van der Waals surface area (Å²) in [5.74, 6) is 0. The van der Waals surface area contributed by atoms with E-state index in [4.69, 9.17) is 0 Å². The van der Waals surface area contributed by atoms with Gasteiger partial charge >= 0.3 is 0 Å². The molecule has 1 fully saturated rings. The van der Waals surface area contributed by atoms with Gasteiger partial charge < -0.3 is 5.32 Å². The Balaban J connectivity index is 2.20. The van der Waals surface area contributed by atoms with Crippen molar-refractivity contribution in [2.45, 2.75) is 33.6 Å². The van der Waals surface area contributed by atoms with Crippen molar-refractivity contribution in [2.24, 2.45) is 5.41 Å². The molecule has 0 bridgehead atoms. The summed E-state index contributed by atoms with van der Waals surface area (Å²) in [7, 11) is 0. The normalized spacial score (nSPS) is 25.8. The van der Waals surface area contributed by atoms with Crippen LogP contribution in [0.25, 0.3) is 0 Å². The molecule has 0 aromatic heterocycles. The first-order valence-electron chi connectivity index (χ1n) is 5.87. The summed E-state index contributed by atoms with van der Waals surface area (Å²) in [6.45, 7) is 9.20. The topological polar surface area (TPSA) is 12.0 Å². The lowest BCUT2D eigenvalue weighted by Gasteiger charge is -2.24. The third-order valence-electron chi connectivity index (χ3n) is 3.79. The molecule has 1 saturated heterocycles. The van der Waals surface area contributed by atoms with Gasteiger partial charge in [0.05, 0.1) is 0 Å². The first-order chi connectivity index (χ1) is 7.11. The average Bonchev–Trinajstić information content (AvgIpc) is 2.60. The standard InChI is InChI=1S/C14H21N/c1-11-5-4-6-13(12(11)2)9-14(3)7-8-15-10-14/h4-6,15H,7-10H2,1-3H3. The largest absolute Gasteiger partial charge is 0.316 e. The molecule has 1 aromatic carbocycles. The Hall–Kier alpha value is -0.820. The molecule has 1 heteroatoms. The number of nitrogens with one attached hydrogen (secondary N) is 1. The van der Waals surface area contributed by atoms with Gasteiger partial charge in [0.25, 0.3) is 0 Å². The fraction of sp³-hybridized carbons (Fsp3) is 0.571. The molecule has 2 rings (SSSR count). The summed E-state index contributed by atoms with van der Waals surface area (Å²) in [5, 5.41) is 3.47. The summed E-state index contributed by atoms with van der Waals surface area (Å²) < 4.78 is 0. The number of hydrogen-bond donors (Lipinski definition) is 1. The van der Waals surface area contributed by atoms with Crippen LogP contribution in [0.1, 0.15) is 30.0 Å². The lowest BCUT2D eigenvalue weighted by atomic mass is 9.81. The fourth-order valence-corrected chi connectivity index (χ4v) is 2.48. The van der Waals surface area contributed by atoms with Crippen molar-refractivity contribution in [3.8, 4) is 0 Å². The predicted molar refractivity (Wildman–Crippen MR) is 65.2 cm³/mol. The zero-order chi connectivity index (χ0) is 10.9. The zero-order valence-corrected chi connectivity index (χ0v) is 10.1. The van der Waals surface area contributed by atoms with E-state index >= 15 is 0 Å². The van der Waals surface area contributed by atoms with Crippen LogP contribution in [0, 0.1) is 19.3 Å². The third kappa shape index (κ3) is 2.23. The Labute approximate surface area is 92.9 Å². The molecular weight excluding hydrogens is 182 g/mol. The van der Waals surface area contributed by atoms with Crippen LogP contribution in [0.2, 0.25) is 0 Å². The maximum Gasteiger partial charge on any atom is 0.000883 e. The average molecular weight is 203 g/mol. The van der Waals surface area contributed by atoms with Gasteiger partial charge in [-0.15, -0.1) is 0 Å². The molecule has 0 aliphatic carbocycles. The quantitative estimate of drug-likeness (QED) is 0.779. The van der Waals surface area contributed by atoms with Crippen LogP contribution in [-0.2, 0) is 6.42 Å². The van der Waals surface area contributed by atoms with Crippen molar-refractivity contribution in [3.63, 3.8) is 0 Å². The second-order valence-electron chi connectivity index (χ2n) is 5.27. The molecule has 15 heavy (non-hydrogen) atoms. The number of aryl methyl sites for hydroxylation is 1. The Bertz CT molecular complexity index is 348. The second kappa shape index (κ2) is 3.97. The predicted octanol–water partition coefficient (Wildman–Crippen LogP) is 2.85. The van der Waals surface area contributed by atoms with E-state index in [1.807, 2.05) is 0 Å². The maximum absolute atomic E-state index is 3.47. The molecule has 0 spiro atoms. The van der Waals surface area contributed by atoms with Gasteiger partial charge in [-0.05, 0) is 55.3 Å². The van der Waals surface area contributed by atoms with Gasteiger partial charge in [0.2, 0.25) is 0 Å². The van der Waals surface area contributed by atoms with E-state index < -0.39 is 0 Å². The van der Waals surface area contributed by atoms with E-state index in [-0.39, 0.29) is 0 Å². The van der Waals surface area contributed by atoms with Crippen molar-refractivity contribution < 1.29 is 0 Å². The molecule has 0 radical (unpaired) electrons. The number of benzene rings is 1. The molecule has 1 aliphatic rings. The van der Waals surface area contributed by atoms with E-state index in [2.05, 4.69) is 44.3 Å². The minimum Gasteiger partial charge on any atom is -0.316 e.